The second kappa shape index (κ2) is 5.66. The van der Waals surface area contributed by atoms with Crippen LogP contribution in [0.5, 0.6) is 0 Å². The molecule has 17 heavy (non-hydrogen) atoms. The number of benzene rings is 1. The van der Waals surface area contributed by atoms with Gasteiger partial charge in [0, 0.05) is 12.2 Å². The monoisotopic (exact) mass is 253 g/mol. The predicted octanol–water partition coefficient (Wildman–Crippen LogP) is 1.46. The molecule has 1 rings (SSSR count). The first kappa shape index (κ1) is 13.5. The fraction of sp³-hybridized carbons (Fsp3) is 0.364. The molecule has 2 N–H and O–H groups in total. The Balaban J connectivity index is 2.67. The lowest BCUT2D eigenvalue weighted by molar-refractivity contribution is 0.565. The van der Waals surface area contributed by atoms with Crippen molar-refractivity contribution in [2.24, 2.45) is 5.92 Å². The lowest BCUT2D eigenvalue weighted by atomic mass is 10.2. The lowest BCUT2D eigenvalue weighted by Gasteiger charge is -2.10. The molecule has 1 aromatic carbocycles. The van der Waals surface area contributed by atoms with Gasteiger partial charge in [-0.2, -0.15) is 18.4 Å². The maximum Gasteiger partial charge on any atom is 0.299 e. The summed E-state index contributed by atoms with van der Waals surface area (Å²) >= 11 is 0. The molecule has 0 aliphatic carbocycles. The van der Waals surface area contributed by atoms with Gasteiger partial charge in [-0.25, -0.2) is 0 Å². The molecular weight excluding hydrogens is 238 g/mol. The van der Waals surface area contributed by atoms with E-state index < -0.39 is 10.2 Å². The molecule has 5 nitrogen and oxygen atoms in total. The minimum Gasteiger partial charge on any atom is -0.271 e. The van der Waals surface area contributed by atoms with Crippen LogP contribution in [0.25, 0.3) is 0 Å². The first-order valence-electron chi connectivity index (χ1n) is 5.20. The Labute approximate surface area is 102 Å². The van der Waals surface area contributed by atoms with Crippen molar-refractivity contribution in [2.75, 3.05) is 11.3 Å². The zero-order valence-electron chi connectivity index (χ0n) is 9.77. The molecule has 0 spiro atoms. The highest BCUT2D eigenvalue weighted by Crippen LogP contribution is 2.10. The minimum absolute atomic E-state index is 0.243. The summed E-state index contributed by atoms with van der Waals surface area (Å²) in [5.74, 6) is 0.243. The maximum atomic E-state index is 11.6. The highest BCUT2D eigenvalue weighted by molar-refractivity contribution is 7.90. The molecule has 0 aliphatic heterocycles. The quantitative estimate of drug-likeness (QED) is 0.833. The van der Waals surface area contributed by atoms with Crippen LogP contribution in [0.3, 0.4) is 0 Å². The molecule has 0 atom stereocenters. The molecule has 0 saturated heterocycles. The molecule has 0 aromatic heterocycles. The first-order chi connectivity index (χ1) is 7.93. The van der Waals surface area contributed by atoms with Gasteiger partial charge in [-0.1, -0.05) is 13.8 Å². The highest BCUT2D eigenvalue weighted by Gasteiger charge is 2.09. The molecule has 0 heterocycles. The molecule has 0 saturated carbocycles. The van der Waals surface area contributed by atoms with E-state index in [-0.39, 0.29) is 5.92 Å². The van der Waals surface area contributed by atoms with E-state index in [9.17, 15) is 8.42 Å². The summed E-state index contributed by atoms with van der Waals surface area (Å²) in [4.78, 5) is 0. The number of nitriles is 1. The van der Waals surface area contributed by atoms with Crippen molar-refractivity contribution in [3.05, 3.63) is 29.8 Å². The van der Waals surface area contributed by atoms with Crippen LogP contribution in [0.2, 0.25) is 0 Å². The van der Waals surface area contributed by atoms with Crippen molar-refractivity contribution in [1.29, 1.82) is 5.26 Å². The Morgan fingerprint density at radius 2 is 1.88 bits per heavy atom. The fourth-order valence-electron chi connectivity index (χ4n) is 1.08. The summed E-state index contributed by atoms with van der Waals surface area (Å²) in [7, 11) is -3.53. The molecule has 0 bridgehead atoms. The molecule has 0 aliphatic rings. The largest absolute Gasteiger partial charge is 0.299 e. The third-order valence-electron chi connectivity index (χ3n) is 1.95. The van der Waals surface area contributed by atoms with Gasteiger partial charge >= 0.3 is 0 Å². The molecule has 0 fully saturated rings. The van der Waals surface area contributed by atoms with Gasteiger partial charge in [-0.3, -0.25) is 4.72 Å². The number of nitrogens with zero attached hydrogens (tertiary/aromatic N) is 1. The fourth-order valence-corrected chi connectivity index (χ4v) is 2.15. The number of hydrogen-bond donors (Lipinski definition) is 2. The van der Waals surface area contributed by atoms with Crippen molar-refractivity contribution >= 4 is 15.9 Å². The topological polar surface area (TPSA) is 82.0 Å². The van der Waals surface area contributed by atoms with Gasteiger partial charge < -0.3 is 0 Å². The summed E-state index contributed by atoms with van der Waals surface area (Å²) in [5, 5.41) is 8.61. The lowest BCUT2D eigenvalue weighted by Crippen LogP contribution is -2.32. The molecule has 0 radical (unpaired) electrons. The van der Waals surface area contributed by atoms with Crippen LogP contribution in [-0.4, -0.2) is 15.0 Å². The molecule has 92 valence electrons. The standard InChI is InChI=1S/C11H15N3O2S/c1-9(2)8-13-17(15,16)14-11-5-3-10(7-12)4-6-11/h3-6,9,13-14H,8H2,1-2H3. The summed E-state index contributed by atoms with van der Waals surface area (Å²) < 4.78 is 28.0. The van der Waals surface area contributed by atoms with Crippen LogP contribution in [0.15, 0.2) is 24.3 Å². The Kier molecular flexibility index (Phi) is 4.49. The molecule has 0 unspecified atom stereocenters. The van der Waals surface area contributed by atoms with Crippen LogP contribution in [-0.2, 0) is 10.2 Å². The van der Waals surface area contributed by atoms with E-state index in [1.165, 1.54) is 0 Å². The molecule has 0 amide bonds. The van der Waals surface area contributed by atoms with Crippen molar-refractivity contribution in [3.63, 3.8) is 0 Å². The summed E-state index contributed by atoms with van der Waals surface area (Å²) in [6.07, 6.45) is 0. The Hall–Kier alpha value is -1.58. The van der Waals surface area contributed by atoms with Gasteiger partial charge in [0.25, 0.3) is 10.2 Å². The highest BCUT2D eigenvalue weighted by atomic mass is 32.2. The van der Waals surface area contributed by atoms with E-state index in [0.29, 0.717) is 17.8 Å². The number of rotatable bonds is 5. The smallest absolute Gasteiger partial charge is 0.271 e. The van der Waals surface area contributed by atoms with Crippen molar-refractivity contribution in [2.45, 2.75) is 13.8 Å². The number of hydrogen-bond acceptors (Lipinski definition) is 3. The van der Waals surface area contributed by atoms with E-state index in [1.807, 2.05) is 19.9 Å². The van der Waals surface area contributed by atoms with E-state index in [2.05, 4.69) is 9.44 Å². The Morgan fingerprint density at radius 3 is 2.35 bits per heavy atom. The van der Waals surface area contributed by atoms with Crippen molar-refractivity contribution < 1.29 is 8.42 Å². The Bertz CT molecular complexity index is 501. The molecular formula is C11H15N3O2S. The van der Waals surface area contributed by atoms with Gasteiger partial charge in [-0.15, -0.1) is 0 Å². The second-order valence-corrected chi connectivity index (χ2v) is 5.54. The Morgan fingerprint density at radius 1 is 1.29 bits per heavy atom. The van der Waals surface area contributed by atoms with Crippen LogP contribution >= 0.6 is 0 Å². The van der Waals surface area contributed by atoms with E-state index >= 15 is 0 Å². The number of anilines is 1. The average Bonchev–Trinajstić information content (AvgIpc) is 2.27. The summed E-state index contributed by atoms with van der Waals surface area (Å²) in [5.41, 5.74) is 0.920. The molecule has 1 aromatic rings. The molecule has 6 heteroatoms. The normalized spacial score (nSPS) is 11.2. The third kappa shape index (κ3) is 4.85. The van der Waals surface area contributed by atoms with Crippen molar-refractivity contribution in [1.82, 2.24) is 4.72 Å². The van der Waals surface area contributed by atoms with Gasteiger partial charge in [0.1, 0.15) is 0 Å². The number of nitrogens with one attached hydrogen (secondary N) is 2. The van der Waals surface area contributed by atoms with Crippen LogP contribution in [0, 0.1) is 17.2 Å². The van der Waals surface area contributed by atoms with Crippen molar-refractivity contribution in [3.8, 4) is 6.07 Å². The SMILES string of the molecule is CC(C)CNS(=O)(=O)Nc1ccc(C#N)cc1. The zero-order valence-corrected chi connectivity index (χ0v) is 10.6. The van der Waals surface area contributed by atoms with Crippen LogP contribution in [0.1, 0.15) is 19.4 Å². The average molecular weight is 253 g/mol. The van der Waals surface area contributed by atoms with E-state index in [1.54, 1.807) is 24.3 Å². The van der Waals surface area contributed by atoms with E-state index in [4.69, 9.17) is 5.26 Å². The summed E-state index contributed by atoms with van der Waals surface area (Å²) in [6, 6.07) is 8.17. The predicted molar refractivity (Wildman–Crippen MR) is 66.5 cm³/mol. The third-order valence-corrected chi connectivity index (χ3v) is 3.00. The minimum atomic E-state index is -3.53. The van der Waals surface area contributed by atoms with Gasteiger partial charge in [0.2, 0.25) is 0 Å². The van der Waals surface area contributed by atoms with Gasteiger partial charge in [0.05, 0.1) is 11.6 Å². The second-order valence-electron chi connectivity index (χ2n) is 4.04. The van der Waals surface area contributed by atoms with Gasteiger partial charge in [-0.05, 0) is 30.2 Å². The first-order valence-corrected chi connectivity index (χ1v) is 6.69. The maximum absolute atomic E-state index is 11.6. The van der Waals surface area contributed by atoms with Crippen LogP contribution < -0.4 is 9.44 Å². The van der Waals surface area contributed by atoms with Crippen LogP contribution in [0.4, 0.5) is 5.69 Å². The zero-order chi connectivity index (χ0) is 12.9. The van der Waals surface area contributed by atoms with Gasteiger partial charge in [0.15, 0.2) is 0 Å². The van der Waals surface area contributed by atoms with E-state index in [0.717, 1.165) is 0 Å². The summed E-state index contributed by atoms with van der Waals surface area (Å²) in [6.45, 7) is 4.22.